The van der Waals surface area contributed by atoms with E-state index in [9.17, 15) is 9.59 Å². The smallest absolute Gasteiger partial charge is 0.363 e. The van der Waals surface area contributed by atoms with E-state index < -0.39 is 11.9 Å². The predicted molar refractivity (Wildman–Crippen MR) is 130 cm³/mol. The Morgan fingerprint density at radius 3 is 2.53 bits per heavy atom. The third kappa shape index (κ3) is 4.85. The van der Waals surface area contributed by atoms with E-state index in [1.54, 1.807) is 48.5 Å². The second-order valence-electron chi connectivity index (χ2n) is 6.88. The lowest BCUT2D eigenvalue weighted by atomic mass is 10.1. The molecular weight excluding hydrogens is 562 g/mol. The molecule has 0 radical (unpaired) electrons. The zero-order valence-electron chi connectivity index (χ0n) is 16.6. The number of nitrogens with zero attached hydrogens (tertiary/aromatic N) is 1. The van der Waals surface area contributed by atoms with Crippen LogP contribution >= 0.6 is 43.5 Å². The van der Waals surface area contributed by atoms with Gasteiger partial charge in [0.1, 0.15) is 0 Å². The third-order valence-electron chi connectivity index (χ3n) is 4.54. The number of cyclic esters (lactones) is 1. The number of hydrogen-bond donors (Lipinski definition) is 0. The maximum Gasteiger partial charge on any atom is 0.363 e. The van der Waals surface area contributed by atoms with Crippen molar-refractivity contribution in [2.24, 2.45) is 4.99 Å². The first-order valence-corrected chi connectivity index (χ1v) is 11.3. The second-order valence-corrected chi connectivity index (χ2v) is 9.05. The number of ether oxygens (including phenoxy) is 2. The molecule has 0 fully saturated rings. The van der Waals surface area contributed by atoms with E-state index in [0.717, 1.165) is 5.56 Å². The maximum absolute atomic E-state index is 12.7. The lowest BCUT2D eigenvalue weighted by Crippen LogP contribution is -2.10. The molecule has 0 bridgehead atoms. The maximum atomic E-state index is 12.7. The molecular formula is C24H14Br2ClNO4. The number of hydrogen-bond acceptors (Lipinski definition) is 5. The number of aliphatic imine (C=N–C) groups is 1. The molecule has 0 unspecified atom stereocenters. The van der Waals surface area contributed by atoms with Gasteiger partial charge in [-0.1, -0.05) is 57.4 Å². The number of carbonyl (C=O) groups excluding carboxylic acids is 2. The number of rotatable bonds is 4. The van der Waals surface area contributed by atoms with Crippen LogP contribution in [0.1, 0.15) is 27.0 Å². The highest BCUT2D eigenvalue weighted by atomic mass is 79.9. The standard InChI is InChI=1S/C24H14Br2ClNO4/c1-13-6-8-14(9-7-13)23(29)31-21-15(10-16(25)12-18(21)26)11-20-24(30)32-22(28-20)17-4-2-3-5-19(17)27/h2-12H,1H3/b20-11-. The average Bonchev–Trinajstić information content (AvgIpc) is 3.11. The van der Waals surface area contributed by atoms with E-state index in [1.807, 2.05) is 19.1 Å². The van der Waals surface area contributed by atoms with E-state index in [-0.39, 0.29) is 17.3 Å². The van der Waals surface area contributed by atoms with Crippen molar-refractivity contribution in [2.75, 3.05) is 0 Å². The van der Waals surface area contributed by atoms with Crippen molar-refractivity contribution in [3.63, 3.8) is 0 Å². The van der Waals surface area contributed by atoms with Gasteiger partial charge < -0.3 is 9.47 Å². The van der Waals surface area contributed by atoms with Crippen molar-refractivity contribution < 1.29 is 19.1 Å². The Hall–Kier alpha value is -2.74. The zero-order chi connectivity index (χ0) is 22.8. The molecule has 0 atom stereocenters. The Morgan fingerprint density at radius 1 is 1.09 bits per heavy atom. The van der Waals surface area contributed by atoms with Crippen LogP contribution in [0.5, 0.6) is 5.75 Å². The van der Waals surface area contributed by atoms with Crippen LogP contribution in [0, 0.1) is 6.92 Å². The van der Waals surface area contributed by atoms with Crippen molar-refractivity contribution in [2.45, 2.75) is 6.92 Å². The minimum atomic E-state index is -0.633. The fourth-order valence-corrected chi connectivity index (χ4v) is 4.50. The van der Waals surface area contributed by atoms with Gasteiger partial charge in [-0.25, -0.2) is 14.6 Å². The molecule has 8 heteroatoms. The van der Waals surface area contributed by atoms with Crippen LogP contribution in [0.15, 0.2) is 80.3 Å². The molecule has 0 amide bonds. The molecule has 0 spiro atoms. The van der Waals surface area contributed by atoms with Crippen LogP contribution in [0.4, 0.5) is 0 Å². The molecule has 3 aromatic carbocycles. The summed E-state index contributed by atoms with van der Waals surface area (Å²) in [6, 6.07) is 17.4. The minimum absolute atomic E-state index is 0.0533. The number of esters is 2. The van der Waals surface area contributed by atoms with Crippen LogP contribution in [-0.2, 0) is 9.53 Å². The van der Waals surface area contributed by atoms with Crippen molar-refractivity contribution in [1.29, 1.82) is 0 Å². The minimum Gasteiger partial charge on any atom is -0.421 e. The molecule has 0 aliphatic carbocycles. The van der Waals surface area contributed by atoms with Crippen molar-refractivity contribution >= 4 is 67.4 Å². The first-order valence-electron chi connectivity index (χ1n) is 9.37. The molecule has 32 heavy (non-hydrogen) atoms. The molecule has 0 aromatic heterocycles. The Kier molecular flexibility index (Phi) is 6.60. The molecule has 4 rings (SSSR count). The number of aryl methyl sites for hydroxylation is 1. The number of halogens is 3. The summed E-state index contributed by atoms with van der Waals surface area (Å²) in [6.07, 6.45) is 1.50. The van der Waals surface area contributed by atoms with Gasteiger partial charge in [-0.15, -0.1) is 0 Å². The molecule has 1 aliphatic rings. The summed E-state index contributed by atoms with van der Waals surface area (Å²) in [6.45, 7) is 1.93. The quantitative estimate of drug-likeness (QED) is 0.196. The van der Waals surface area contributed by atoms with Gasteiger partial charge in [-0.05, 0) is 65.3 Å². The highest BCUT2D eigenvalue weighted by Crippen LogP contribution is 2.36. The van der Waals surface area contributed by atoms with Gasteiger partial charge in [-0.2, -0.15) is 0 Å². The highest BCUT2D eigenvalue weighted by Gasteiger charge is 2.26. The van der Waals surface area contributed by atoms with Crippen LogP contribution in [0.2, 0.25) is 5.02 Å². The Morgan fingerprint density at radius 2 is 1.81 bits per heavy atom. The molecule has 0 saturated carbocycles. The monoisotopic (exact) mass is 573 g/mol. The number of benzene rings is 3. The largest absolute Gasteiger partial charge is 0.421 e. The topological polar surface area (TPSA) is 65.0 Å². The summed E-state index contributed by atoms with van der Waals surface area (Å²) < 4.78 is 12.2. The van der Waals surface area contributed by atoms with Crippen LogP contribution in [-0.4, -0.2) is 17.8 Å². The van der Waals surface area contributed by atoms with Gasteiger partial charge in [0.05, 0.1) is 20.6 Å². The van der Waals surface area contributed by atoms with Gasteiger partial charge in [0, 0.05) is 10.0 Å². The lowest BCUT2D eigenvalue weighted by Gasteiger charge is -2.11. The first kappa shape index (κ1) is 22.5. The van der Waals surface area contributed by atoms with E-state index >= 15 is 0 Å². The highest BCUT2D eigenvalue weighted by molar-refractivity contribution is 9.11. The third-order valence-corrected chi connectivity index (χ3v) is 5.91. The van der Waals surface area contributed by atoms with Crippen molar-refractivity contribution in [1.82, 2.24) is 0 Å². The lowest BCUT2D eigenvalue weighted by molar-refractivity contribution is -0.129. The molecule has 0 N–H and O–H groups in total. The van der Waals surface area contributed by atoms with Gasteiger partial charge in [0.2, 0.25) is 5.90 Å². The summed E-state index contributed by atoms with van der Waals surface area (Å²) in [5.74, 6) is -0.798. The van der Waals surface area contributed by atoms with E-state index in [2.05, 4.69) is 36.9 Å². The summed E-state index contributed by atoms with van der Waals surface area (Å²) in [4.78, 5) is 29.4. The zero-order valence-corrected chi connectivity index (χ0v) is 20.5. The van der Waals surface area contributed by atoms with Crippen molar-refractivity contribution in [3.05, 3.63) is 103 Å². The van der Waals surface area contributed by atoms with Gasteiger partial charge >= 0.3 is 11.9 Å². The van der Waals surface area contributed by atoms with Gasteiger partial charge in [-0.3, -0.25) is 0 Å². The summed E-state index contributed by atoms with van der Waals surface area (Å²) in [5, 5.41) is 0.415. The van der Waals surface area contributed by atoms with E-state index in [0.29, 0.717) is 30.7 Å². The average molecular weight is 576 g/mol. The number of carbonyl (C=O) groups is 2. The summed E-state index contributed by atoms with van der Waals surface area (Å²) in [5.41, 5.74) is 2.46. The predicted octanol–water partition coefficient (Wildman–Crippen LogP) is 6.74. The van der Waals surface area contributed by atoms with E-state index in [1.165, 1.54) is 6.08 Å². The Labute approximate surface area is 206 Å². The molecule has 0 saturated heterocycles. The molecule has 3 aromatic rings. The Bertz CT molecular complexity index is 1300. The fourth-order valence-electron chi connectivity index (χ4n) is 2.94. The SMILES string of the molecule is Cc1ccc(C(=O)Oc2c(Br)cc(Br)cc2/C=C2\N=C(c3ccccc3Cl)OC2=O)cc1. The van der Waals surface area contributed by atoms with Crippen LogP contribution in [0.3, 0.4) is 0 Å². The second kappa shape index (κ2) is 9.40. The van der Waals surface area contributed by atoms with Gasteiger partial charge in [0.15, 0.2) is 11.4 Å². The first-order chi connectivity index (χ1) is 15.3. The van der Waals surface area contributed by atoms with Crippen LogP contribution < -0.4 is 4.74 Å². The molecule has 1 aliphatic heterocycles. The normalized spacial score (nSPS) is 14.3. The molecule has 160 valence electrons. The fraction of sp³-hybridized carbons (Fsp3) is 0.0417. The summed E-state index contributed by atoms with van der Waals surface area (Å²) in [7, 11) is 0. The summed E-state index contributed by atoms with van der Waals surface area (Å²) >= 11 is 13.0. The Balaban J connectivity index is 1.71. The van der Waals surface area contributed by atoms with E-state index in [4.69, 9.17) is 21.1 Å². The van der Waals surface area contributed by atoms with Gasteiger partial charge in [0.25, 0.3) is 0 Å². The molecule has 5 nitrogen and oxygen atoms in total. The molecule has 1 heterocycles. The van der Waals surface area contributed by atoms with Crippen molar-refractivity contribution in [3.8, 4) is 5.75 Å². The van der Waals surface area contributed by atoms with Crippen LogP contribution in [0.25, 0.3) is 6.08 Å².